The van der Waals surface area contributed by atoms with E-state index in [4.69, 9.17) is 0 Å². The quantitative estimate of drug-likeness (QED) is 0.376. The molecule has 0 bridgehead atoms. The lowest BCUT2D eigenvalue weighted by Crippen LogP contribution is -2.51. The van der Waals surface area contributed by atoms with Crippen LogP contribution in [-0.4, -0.2) is 16.1 Å². The largest absolute Gasteiger partial charge is 0.0875 e. The first kappa shape index (κ1) is 19.2. The van der Waals surface area contributed by atoms with Crippen molar-refractivity contribution in [3.63, 3.8) is 0 Å². The van der Waals surface area contributed by atoms with Crippen LogP contribution in [0.1, 0.15) is 48.0 Å². The Bertz CT molecular complexity index is 317. The molecule has 1 unspecified atom stereocenters. The van der Waals surface area contributed by atoms with Crippen molar-refractivity contribution in [2.24, 2.45) is 5.92 Å². The fraction of sp³-hybridized carbons (Fsp3) is 0.882. The Morgan fingerprint density at radius 1 is 1.05 bits per heavy atom. The monoisotopic (exact) mass is 298 g/mol. The summed E-state index contributed by atoms with van der Waals surface area (Å²) in [5, 5.41) is 1.39. The van der Waals surface area contributed by atoms with Crippen LogP contribution in [0.3, 0.4) is 0 Å². The highest BCUT2D eigenvalue weighted by Crippen LogP contribution is 2.50. The lowest BCUT2D eigenvalue weighted by Gasteiger charge is -2.49. The molecule has 0 nitrogen and oxygen atoms in total. The van der Waals surface area contributed by atoms with Crippen LogP contribution in [0.5, 0.6) is 0 Å². The van der Waals surface area contributed by atoms with E-state index in [-0.39, 0.29) is 0 Å². The molecule has 0 rings (SSSR count). The van der Waals surface area contributed by atoms with Gasteiger partial charge in [-0.15, -0.1) is 0 Å². The van der Waals surface area contributed by atoms with Gasteiger partial charge in [-0.3, -0.25) is 0 Å². The van der Waals surface area contributed by atoms with Crippen LogP contribution in [0.2, 0.25) is 42.9 Å². The summed E-state index contributed by atoms with van der Waals surface area (Å²) in [6.07, 6.45) is 3.99. The lowest BCUT2D eigenvalue weighted by molar-refractivity contribution is 0.613. The van der Waals surface area contributed by atoms with Crippen LogP contribution in [0.15, 0.2) is 11.6 Å². The van der Waals surface area contributed by atoms with Crippen molar-refractivity contribution in [3.8, 4) is 0 Å². The van der Waals surface area contributed by atoms with Gasteiger partial charge >= 0.3 is 0 Å². The minimum atomic E-state index is -1.32. The zero-order valence-corrected chi connectivity index (χ0v) is 17.4. The number of hydrogen-bond donors (Lipinski definition) is 0. The summed E-state index contributed by atoms with van der Waals surface area (Å²) in [6.45, 7) is 27.3. The molecule has 0 aromatic rings. The predicted molar refractivity (Wildman–Crippen MR) is 97.5 cm³/mol. The first-order valence-corrected chi connectivity index (χ1v) is 14.6. The molecular formula is C17H38Si2. The minimum Gasteiger partial charge on any atom is -0.0875 e. The summed E-state index contributed by atoms with van der Waals surface area (Å²) in [7, 11) is -2.49. The van der Waals surface area contributed by atoms with Gasteiger partial charge in [0.2, 0.25) is 0 Å². The van der Waals surface area contributed by atoms with Crippen molar-refractivity contribution in [3.05, 3.63) is 11.6 Å². The number of hydrogen-bond acceptors (Lipinski definition) is 0. The van der Waals surface area contributed by atoms with E-state index in [1.165, 1.54) is 6.42 Å². The van der Waals surface area contributed by atoms with Crippen LogP contribution in [0, 0.1) is 5.92 Å². The van der Waals surface area contributed by atoms with Crippen molar-refractivity contribution in [2.75, 3.05) is 0 Å². The maximum absolute atomic E-state index is 2.68. The van der Waals surface area contributed by atoms with Gasteiger partial charge in [0.25, 0.3) is 0 Å². The van der Waals surface area contributed by atoms with Crippen LogP contribution in [-0.2, 0) is 0 Å². The summed E-state index contributed by atoms with van der Waals surface area (Å²) in [5.74, 6) is 0.688. The predicted octanol–water partition coefficient (Wildman–Crippen LogP) is 6.73. The molecule has 1 atom stereocenters. The third kappa shape index (κ3) is 4.59. The zero-order chi connectivity index (χ0) is 15.6. The molecule has 2 heteroatoms. The van der Waals surface area contributed by atoms with Crippen LogP contribution in [0.4, 0.5) is 0 Å². The van der Waals surface area contributed by atoms with Crippen molar-refractivity contribution < 1.29 is 0 Å². The third-order valence-corrected chi connectivity index (χ3v) is 18.0. The highest BCUT2D eigenvalue weighted by Gasteiger charge is 2.47. The van der Waals surface area contributed by atoms with E-state index < -0.39 is 16.1 Å². The number of allylic oxidation sites excluding steroid dienone is 2. The Morgan fingerprint density at radius 3 is 1.74 bits per heavy atom. The van der Waals surface area contributed by atoms with Gasteiger partial charge in [-0.2, -0.15) is 0 Å². The van der Waals surface area contributed by atoms with Gasteiger partial charge in [-0.1, -0.05) is 85.4 Å². The topological polar surface area (TPSA) is 0 Å². The third-order valence-electron chi connectivity index (χ3n) is 5.68. The second kappa shape index (κ2) is 6.30. The van der Waals surface area contributed by atoms with E-state index >= 15 is 0 Å². The zero-order valence-electron chi connectivity index (χ0n) is 15.4. The molecule has 0 fully saturated rings. The van der Waals surface area contributed by atoms with E-state index in [0.717, 1.165) is 5.16 Å². The van der Waals surface area contributed by atoms with Gasteiger partial charge < -0.3 is 0 Å². The van der Waals surface area contributed by atoms with E-state index in [9.17, 15) is 0 Å². The maximum atomic E-state index is 2.68. The van der Waals surface area contributed by atoms with Gasteiger partial charge in [-0.05, 0) is 23.0 Å². The molecule has 114 valence electrons. The summed E-state index contributed by atoms with van der Waals surface area (Å²) < 4.78 is 0. The van der Waals surface area contributed by atoms with Gasteiger partial charge in [0, 0.05) is 8.07 Å². The van der Waals surface area contributed by atoms with Crippen LogP contribution >= 0.6 is 0 Å². The van der Waals surface area contributed by atoms with Crippen LogP contribution in [0.25, 0.3) is 0 Å². The lowest BCUT2D eigenvalue weighted by atomic mass is 10.1. The van der Waals surface area contributed by atoms with E-state index in [1.54, 1.807) is 5.57 Å². The van der Waals surface area contributed by atoms with Gasteiger partial charge in [0.15, 0.2) is 0 Å². The fourth-order valence-electron chi connectivity index (χ4n) is 2.87. The van der Waals surface area contributed by atoms with E-state index in [1.807, 2.05) is 0 Å². The average molecular weight is 299 g/mol. The average Bonchev–Trinajstić information content (AvgIpc) is 2.22. The Hall–Kier alpha value is 0.174. The van der Waals surface area contributed by atoms with Gasteiger partial charge in [-0.25, -0.2) is 0 Å². The molecule has 19 heavy (non-hydrogen) atoms. The van der Waals surface area contributed by atoms with E-state index in [2.05, 4.69) is 80.4 Å². The normalized spacial score (nSPS) is 16.9. The highest BCUT2D eigenvalue weighted by molar-refractivity contribution is 6.98. The smallest absolute Gasteiger partial charge is 0.0572 e. The Labute approximate surface area is 125 Å². The molecule has 0 aliphatic rings. The molecule has 0 radical (unpaired) electrons. The fourth-order valence-corrected chi connectivity index (χ4v) is 15.9. The molecule has 0 heterocycles. The van der Waals surface area contributed by atoms with Crippen LogP contribution < -0.4 is 0 Å². The van der Waals surface area contributed by atoms with Crippen molar-refractivity contribution in [1.29, 1.82) is 0 Å². The molecule has 0 spiro atoms. The SMILES string of the molecule is CCC(C)(C)[Si](C)(C)C(/C=C(\C)C(C)C)[Si](C)(C)C. The first-order chi connectivity index (χ1) is 8.27. The highest BCUT2D eigenvalue weighted by atomic mass is 28.4. The molecular weight excluding hydrogens is 260 g/mol. The van der Waals surface area contributed by atoms with Crippen molar-refractivity contribution in [2.45, 2.75) is 90.9 Å². The van der Waals surface area contributed by atoms with Gasteiger partial charge in [0.05, 0.1) is 8.07 Å². The molecule has 0 saturated carbocycles. The summed E-state index contributed by atoms with van der Waals surface area (Å²) in [5.41, 5.74) is 1.60. The molecule has 0 aromatic heterocycles. The summed E-state index contributed by atoms with van der Waals surface area (Å²) >= 11 is 0. The van der Waals surface area contributed by atoms with Crippen molar-refractivity contribution >= 4 is 16.1 Å². The van der Waals surface area contributed by atoms with Gasteiger partial charge in [0.1, 0.15) is 0 Å². The molecule has 0 aromatic carbocycles. The van der Waals surface area contributed by atoms with Crippen molar-refractivity contribution in [1.82, 2.24) is 0 Å². The molecule has 0 N–H and O–H groups in total. The summed E-state index contributed by atoms with van der Waals surface area (Å²) in [6, 6.07) is 0. The molecule has 0 saturated heterocycles. The molecule has 0 aliphatic carbocycles. The van der Waals surface area contributed by atoms with E-state index in [0.29, 0.717) is 11.0 Å². The second-order valence-corrected chi connectivity index (χ2v) is 20.2. The molecule has 0 aliphatic heterocycles. The summed E-state index contributed by atoms with van der Waals surface area (Å²) in [4.78, 5) is 0. The first-order valence-electron chi connectivity index (χ1n) is 7.95. The maximum Gasteiger partial charge on any atom is 0.0572 e. The Morgan fingerprint density at radius 2 is 1.47 bits per heavy atom. The molecule has 0 amide bonds. The Kier molecular flexibility index (Phi) is 6.36. The standard InChI is InChI=1S/C17H38Si2/c1-12-17(5,6)19(10,11)16(18(7,8)9)13-15(4)14(2)3/h13-14,16H,12H2,1-11H3/b15-13+. The Balaban J connectivity index is 5.72. The number of rotatable bonds is 6. The second-order valence-electron chi connectivity index (χ2n) is 8.87. The minimum absolute atomic E-state index is 0.520.